The number of Topliss-reactive ketones (excluding diaryl/α,β-unsaturated/α-hetero) is 1. The number of ketones is 1. The quantitative estimate of drug-likeness (QED) is 0.177. The minimum absolute atomic E-state index is 0.0139. The van der Waals surface area contributed by atoms with Gasteiger partial charge in [0.2, 0.25) is 11.7 Å². The fraction of sp³-hybridized carbons (Fsp3) is 0.333. The molecule has 10 nitrogen and oxygen atoms in total. The minimum atomic E-state index is -0.516. The van der Waals surface area contributed by atoms with Crippen molar-refractivity contribution in [2.75, 3.05) is 11.9 Å². The van der Waals surface area contributed by atoms with Gasteiger partial charge < -0.3 is 11.1 Å². The zero-order valence-electron chi connectivity index (χ0n) is 24.2. The van der Waals surface area contributed by atoms with Crippen LogP contribution >= 0.6 is 0 Å². The molecule has 2 aromatic heterocycles. The summed E-state index contributed by atoms with van der Waals surface area (Å²) in [6, 6.07) is 19.7. The molecule has 2 heterocycles. The summed E-state index contributed by atoms with van der Waals surface area (Å²) in [6.07, 6.45) is 6.12. The monoisotopic (exact) mass is 576 g/mol. The summed E-state index contributed by atoms with van der Waals surface area (Å²) in [6.45, 7) is 2.76. The molecule has 43 heavy (non-hydrogen) atoms. The molecule has 5 aromatic rings. The molecule has 1 amide bonds. The van der Waals surface area contributed by atoms with Crippen molar-refractivity contribution in [1.29, 1.82) is 0 Å². The van der Waals surface area contributed by atoms with Crippen LogP contribution in [0.4, 0.5) is 5.69 Å². The maximum atomic E-state index is 13.8. The molecular formula is C33H36N8O2. The second-order valence-corrected chi connectivity index (χ2v) is 11.6. The van der Waals surface area contributed by atoms with Gasteiger partial charge in [0.15, 0.2) is 0 Å². The van der Waals surface area contributed by atoms with E-state index in [-0.39, 0.29) is 24.0 Å². The molecule has 6 rings (SSSR count). The Morgan fingerprint density at radius 3 is 2.58 bits per heavy atom. The van der Waals surface area contributed by atoms with Crippen LogP contribution in [0.5, 0.6) is 0 Å². The highest BCUT2D eigenvalue weighted by atomic mass is 16.2. The Hall–Kier alpha value is -4.70. The SMILES string of the molecule is Cc1ccc2[nH]ncc2c1-c1cccc(C[C@H](CC(=O)C2CCC(CN)CC2)C(=O)Nc2ccc(-c3nn[nH]n3)cc2)c1. The number of fused-ring (bicyclic) bond motifs is 1. The molecule has 0 saturated heterocycles. The highest BCUT2D eigenvalue weighted by molar-refractivity contribution is 5.97. The van der Waals surface area contributed by atoms with Gasteiger partial charge in [-0.25, -0.2) is 0 Å². The molecule has 1 fully saturated rings. The molecule has 0 bridgehead atoms. The summed E-state index contributed by atoms with van der Waals surface area (Å²) < 4.78 is 0. The topological polar surface area (TPSA) is 155 Å². The van der Waals surface area contributed by atoms with Gasteiger partial charge in [0.05, 0.1) is 11.7 Å². The van der Waals surface area contributed by atoms with E-state index in [2.05, 4.69) is 61.3 Å². The lowest BCUT2D eigenvalue weighted by Gasteiger charge is -2.27. The van der Waals surface area contributed by atoms with Crippen LogP contribution < -0.4 is 11.1 Å². The van der Waals surface area contributed by atoms with E-state index in [1.54, 1.807) is 0 Å². The average molecular weight is 577 g/mol. The molecule has 10 heteroatoms. The Morgan fingerprint density at radius 2 is 1.84 bits per heavy atom. The number of nitrogens with two attached hydrogens (primary N) is 1. The van der Waals surface area contributed by atoms with Gasteiger partial charge in [0, 0.05) is 34.9 Å². The Bertz CT molecular complexity index is 1700. The van der Waals surface area contributed by atoms with Gasteiger partial charge >= 0.3 is 0 Å². The number of aryl methyl sites for hydroxylation is 1. The van der Waals surface area contributed by atoms with Crippen LogP contribution in [0.25, 0.3) is 33.4 Å². The number of benzene rings is 3. The fourth-order valence-corrected chi connectivity index (χ4v) is 6.27. The maximum Gasteiger partial charge on any atom is 0.228 e. The smallest absolute Gasteiger partial charge is 0.228 e. The van der Waals surface area contributed by atoms with Crippen molar-refractivity contribution >= 4 is 28.3 Å². The van der Waals surface area contributed by atoms with E-state index in [0.717, 1.165) is 64.4 Å². The van der Waals surface area contributed by atoms with Crippen LogP contribution in [0, 0.1) is 24.7 Å². The zero-order valence-corrected chi connectivity index (χ0v) is 24.2. The van der Waals surface area contributed by atoms with Crippen LogP contribution in [0.15, 0.2) is 66.9 Å². The van der Waals surface area contributed by atoms with E-state index in [1.165, 1.54) is 0 Å². The minimum Gasteiger partial charge on any atom is -0.330 e. The Morgan fingerprint density at radius 1 is 1.02 bits per heavy atom. The van der Waals surface area contributed by atoms with E-state index >= 15 is 0 Å². The molecular weight excluding hydrogens is 540 g/mol. The number of rotatable bonds is 10. The zero-order chi connectivity index (χ0) is 29.8. The summed E-state index contributed by atoms with van der Waals surface area (Å²) in [5.74, 6) is 0.433. The van der Waals surface area contributed by atoms with Gasteiger partial charge in [0.1, 0.15) is 5.78 Å². The molecule has 0 unspecified atom stereocenters. The van der Waals surface area contributed by atoms with Crippen LogP contribution in [0.2, 0.25) is 0 Å². The van der Waals surface area contributed by atoms with Crippen LogP contribution in [-0.4, -0.2) is 49.1 Å². The molecule has 1 aliphatic carbocycles. The van der Waals surface area contributed by atoms with Gasteiger partial charge in [0.25, 0.3) is 0 Å². The largest absolute Gasteiger partial charge is 0.330 e. The number of amides is 1. The van der Waals surface area contributed by atoms with Crippen molar-refractivity contribution in [3.05, 3.63) is 78.0 Å². The number of carbonyl (C=O) groups is 2. The van der Waals surface area contributed by atoms with E-state index in [1.807, 2.05) is 48.7 Å². The molecule has 0 radical (unpaired) electrons. The second-order valence-electron chi connectivity index (χ2n) is 11.6. The Kier molecular flexibility index (Phi) is 8.37. The van der Waals surface area contributed by atoms with Gasteiger partial charge in [-0.05, 0) is 109 Å². The lowest BCUT2D eigenvalue weighted by atomic mass is 9.77. The number of hydrogen-bond donors (Lipinski definition) is 4. The summed E-state index contributed by atoms with van der Waals surface area (Å²) >= 11 is 0. The number of hydrogen-bond acceptors (Lipinski definition) is 7. The number of carbonyl (C=O) groups excluding carboxylic acids is 2. The Labute approximate surface area is 249 Å². The predicted molar refractivity (Wildman–Crippen MR) is 166 cm³/mol. The normalized spacial score (nSPS) is 17.5. The van der Waals surface area contributed by atoms with Crippen molar-refractivity contribution in [2.45, 2.75) is 45.4 Å². The number of nitrogens with zero attached hydrogens (tertiary/aromatic N) is 4. The summed E-state index contributed by atoms with van der Waals surface area (Å²) in [4.78, 5) is 27.3. The van der Waals surface area contributed by atoms with Crippen molar-refractivity contribution < 1.29 is 9.59 Å². The van der Waals surface area contributed by atoms with E-state index in [0.29, 0.717) is 30.4 Å². The van der Waals surface area contributed by atoms with Crippen LogP contribution in [0.3, 0.4) is 0 Å². The molecule has 5 N–H and O–H groups in total. The first kappa shape index (κ1) is 28.4. The summed E-state index contributed by atoms with van der Waals surface area (Å²) in [5.41, 5.74) is 12.6. The molecule has 1 saturated carbocycles. The Balaban J connectivity index is 1.24. The lowest BCUT2D eigenvalue weighted by molar-refractivity contribution is -0.129. The second kappa shape index (κ2) is 12.7. The molecule has 3 aromatic carbocycles. The third-order valence-corrected chi connectivity index (χ3v) is 8.74. The first-order valence-electron chi connectivity index (χ1n) is 14.9. The summed E-state index contributed by atoms with van der Waals surface area (Å²) in [7, 11) is 0. The van der Waals surface area contributed by atoms with Gasteiger partial charge in [-0.3, -0.25) is 14.7 Å². The maximum absolute atomic E-state index is 13.8. The first-order valence-corrected chi connectivity index (χ1v) is 14.9. The van der Waals surface area contributed by atoms with Crippen molar-refractivity contribution in [3.8, 4) is 22.5 Å². The van der Waals surface area contributed by atoms with Gasteiger partial charge in [-0.2, -0.15) is 10.3 Å². The highest BCUT2D eigenvalue weighted by Gasteiger charge is 2.30. The van der Waals surface area contributed by atoms with Crippen LogP contribution in [0.1, 0.15) is 43.2 Å². The standard InChI is InChI=1S/C33H36N8O2/c1-20-5-14-29-28(19-35-37-29)31(20)25-4-2-3-22(15-25)16-26(17-30(42)23-8-6-21(18-34)7-9-23)33(43)36-27-12-10-24(11-13-27)32-38-40-41-39-32/h2-5,10-15,19,21,23,26H,6-9,16-18,34H2,1H3,(H,35,37)(H,36,43)(H,38,39,40,41)/t21?,23?,26-/m1/s1. The van der Waals surface area contributed by atoms with E-state index < -0.39 is 5.92 Å². The number of tetrazole rings is 1. The molecule has 0 spiro atoms. The third-order valence-electron chi connectivity index (χ3n) is 8.74. The molecule has 1 aliphatic rings. The molecule has 0 aliphatic heterocycles. The molecule has 220 valence electrons. The lowest BCUT2D eigenvalue weighted by Crippen LogP contribution is -2.31. The van der Waals surface area contributed by atoms with Gasteiger partial charge in [-0.15, -0.1) is 10.2 Å². The van der Waals surface area contributed by atoms with Gasteiger partial charge in [-0.1, -0.05) is 30.3 Å². The molecule has 1 atom stereocenters. The van der Waals surface area contributed by atoms with E-state index in [9.17, 15) is 9.59 Å². The van der Waals surface area contributed by atoms with E-state index in [4.69, 9.17) is 5.73 Å². The summed E-state index contributed by atoms with van der Waals surface area (Å²) in [5, 5.41) is 25.4. The van der Waals surface area contributed by atoms with Crippen molar-refractivity contribution in [2.24, 2.45) is 23.5 Å². The average Bonchev–Trinajstić information content (AvgIpc) is 3.74. The van der Waals surface area contributed by atoms with Crippen molar-refractivity contribution in [1.82, 2.24) is 30.8 Å². The number of nitrogens with one attached hydrogen (secondary N) is 3. The first-order chi connectivity index (χ1) is 21.0. The third kappa shape index (κ3) is 6.39. The fourth-order valence-electron chi connectivity index (χ4n) is 6.27. The number of H-pyrrole nitrogens is 2. The number of aromatic nitrogens is 6. The predicted octanol–water partition coefficient (Wildman–Crippen LogP) is 5.24. The number of aromatic amines is 2. The highest BCUT2D eigenvalue weighted by Crippen LogP contribution is 2.33. The van der Waals surface area contributed by atoms with Crippen LogP contribution in [-0.2, 0) is 16.0 Å². The number of anilines is 1. The van der Waals surface area contributed by atoms with Crippen molar-refractivity contribution in [3.63, 3.8) is 0 Å².